The van der Waals surface area contributed by atoms with Crippen LogP contribution in [0.1, 0.15) is 27.9 Å². The van der Waals surface area contributed by atoms with Gasteiger partial charge in [-0.05, 0) is 105 Å². The molecule has 0 saturated heterocycles. The Labute approximate surface area is 371 Å². The van der Waals surface area contributed by atoms with E-state index in [-0.39, 0.29) is 0 Å². The van der Waals surface area contributed by atoms with Crippen molar-refractivity contribution < 1.29 is 0 Å². The van der Waals surface area contributed by atoms with Gasteiger partial charge in [0.1, 0.15) is 0 Å². The molecule has 0 amide bonds. The highest BCUT2D eigenvalue weighted by atomic mass is 32.2. The number of nitrogens with zero attached hydrogens (tertiary/aromatic N) is 3. The summed E-state index contributed by atoms with van der Waals surface area (Å²) < 4.78 is 0. The fraction of sp³-hybridized carbons (Fsp3) is 0.0339. The fourth-order valence-corrected chi connectivity index (χ4v) is 11.1. The van der Waals surface area contributed by atoms with Gasteiger partial charge in [0, 0.05) is 43.9 Å². The third kappa shape index (κ3) is 6.09. The molecule has 4 heteroatoms. The molecular weight excluding hydrogens is 783 g/mol. The molecule has 3 heterocycles. The third-order valence-corrected chi connectivity index (χ3v) is 13.9. The van der Waals surface area contributed by atoms with Gasteiger partial charge in [-0.2, -0.15) is 0 Å². The molecule has 0 fully saturated rings. The van der Waals surface area contributed by atoms with E-state index in [4.69, 9.17) is 9.97 Å². The molecule has 63 heavy (non-hydrogen) atoms. The maximum atomic E-state index is 5.31. The van der Waals surface area contributed by atoms with Gasteiger partial charge in [0.2, 0.25) is 0 Å². The van der Waals surface area contributed by atoms with Crippen LogP contribution in [0.15, 0.2) is 228 Å². The summed E-state index contributed by atoms with van der Waals surface area (Å²) in [6.07, 6.45) is 1.98. The first-order chi connectivity index (χ1) is 31.1. The van der Waals surface area contributed by atoms with E-state index in [9.17, 15) is 0 Å². The topological polar surface area (TPSA) is 38.7 Å². The lowest BCUT2D eigenvalue weighted by molar-refractivity contribution is 0.722. The second kappa shape index (κ2) is 15.1. The number of aromatic nitrogens is 3. The zero-order valence-corrected chi connectivity index (χ0v) is 35.4. The van der Waals surface area contributed by atoms with Gasteiger partial charge in [0.25, 0.3) is 0 Å². The summed E-state index contributed by atoms with van der Waals surface area (Å²) in [6.45, 7) is 2.03. The molecule has 12 rings (SSSR count). The Morgan fingerprint density at radius 2 is 0.905 bits per heavy atom. The first-order valence-electron chi connectivity index (χ1n) is 21.4. The number of aryl methyl sites for hydroxylation is 1. The van der Waals surface area contributed by atoms with Gasteiger partial charge in [-0.15, -0.1) is 0 Å². The fourth-order valence-electron chi connectivity index (χ4n) is 9.88. The van der Waals surface area contributed by atoms with Crippen molar-refractivity contribution in [3.63, 3.8) is 0 Å². The lowest BCUT2D eigenvalue weighted by Crippen LogP contribution is -2.32. The van der Waals surface area contributed by atoms with E-state index in [2.05, 4.69) is 193 Å². The minimum Gasteiger partial charge on any atom is -0.261 e. The van der Waals surface area contributed by atoms with Gasteiger partial charge < -0.3 is 0 Å². The number of pyridine rings is 1. The van der Waals surface area contributed by atoms with E-state index in [1.807, 2.05) is 49.1 Å². The molecule has 8 aromatic carbocycles. The second-order valence-electron chi connectivity index (χ2n) is 16.3. The van der Waals surface area contributed by atoms with E-state index in [0.717, 1.165) is 39.3 Å². The Balaban J connectivity index is 1.10. The maximum Gasteiger partial charge on any atom is 0.160 e. The lowest BCUT2D eigenvalue weighted by atomic mass is 9.67. The molecular formula is C59H39N3S. The molecule has 296 valence electrons. The second-order valence-corrected chi connectivity index (χ2v) is 17.4. The first kappa shape index (κ1) is 37.1. The average molecular weight is 822 g/mol. The smallest absolute Gasteiger partial charge is 0.160 e. The minimum absolute atomic E-state index is 0.574. The van der Waals surface area contributed by atoms with Gasteiger partial charge in [0.15, 0.2) is 5.82 Å². The van der Waals surface area contributed by atoms with Crippen LogP contribution in [0.3, 0.4) is 0 Å². The van der Waals surface area contributed by atoms with Crippen LogP contribution in [-0.2, 0) is 5.41 Å². The molecule has 1 aliphatic heterocycles. The largest absolute Gasteiger partial charge is 0.261 e. The molecule has 1 spiro atoms. The van der Waals surface area contributed by atoms with Crippen molar-refractivity contribution in [2.45, 2.75) is 22.1 Å². The molecule has 0 atom stereocenters. The van der Waals surface area contributed by atoms with Gasteiger partial charge in [-0.1, -0.05) is 188 Å². The molecule has 0 unspecified atom stereocenters. The average Bonchev–Trinajstić information content (AvgIpc) is 3.65. The predicted octanol–water partition coefficient (Wildman–Crippen LogP) is 15.0. The van der Waals surface area contributed by atoms with Gasteiger partial charge in [0.05, 0.1) is 16.8 Å². The third-order valence-electron chi connectivity index (χ3n) is 12.7. The van der Waals surface area contributed by atoms with E-state index in [1.54, 1.807) is 0 Å². The number of hydrogen-bond donors (Lipinski definition) is 0. The predicted molar refractivity (Wildman–Crippen MR) is 259 cm³/mol. The number of hydrogen-bond acceptors (Lipinski definition) is 4. The zero-order chi connectivity index (χ0) is 41.9. The SMILES string of the molecule is Cc1ccc(-c2ccccc2-c2cccc(-c3cccc4c3-c3ccc(-c5cc(-c6ccccc6)nc(-c6ccccc6)n5)cc3C43c4ccccc4Sc4ccccc43)c2)cn1. The number of fused-ring (bicyclic) bond motifs is 9. The highest BCUT2D eigenvalue weighted by Crippen LogP contribution is 2.64. The monoisotopic (exact) mass is 821 g/mol. The van der Waals surface area contributed by atoms with Crippen molar-refractivity contribution in [1.82, 2.24) is 15.0 Å². The molecule has 0 radical (unpaired) electrons. The van der Waals surface area contributed by atoms with E-state index < -0.39 is 5.41 Å². The quantitative estimate of drug-likeness (QED) is 0.167. The summed E-state index contributed by atoms with van der Waals surface area (Å²) in [6, 6.07) is 76.9. The lowest BCUT2D eigenvalue weighted by Gasteiger charge is -2.39. The molecule has 0 bridgehead atoms. The van der Waals surface area contributed by atoms with Crippen molar-refractivity contribution in [3.05, 3.63) is 246 Å². The van der Waals surface area contributed by atoms with E-state index in [0.29, 0.717) is 5.82 Å². The number of benzene rings is 8. The molecule has 10 aromatic rings. The molecule has 0 N–H and O–H groups in total. The van der Waals surface area contributed by atoms with Crippen molar-refractivity contribution >= 4 is 11.8 Å². The van der Waals surface area contributed by atoms with Gasteiger partial charge in [-0.3, -0.25) is 4.98 Å². The Morgan fingerprint density at radius 3 is 1.60 bits per heavy atom. The summed E-state index contributed by atoms with van der Waals surface area (Å²) in [4.78, 5) is 17.6. The highest BCUT2D eigenvalue weighted by molar-refractivity contribution is 7.99. The van der Waals surface area contributed by atoms with Crippen LogP contribution in [0, 0.1) is 6.92 Å². The Bertz CT molecular complexity index is 3270. The van der Waals surface area contributed by atoms with Crippen molar-refractivity contribution in [2.75, 3.05) is 0 Å². The maximum absolute atomic E-state index is 5.31. The summed E-state index contributed by atoms with van der Waals surface area (Å²) in [5.74, 6) is 0.706. The minimum atomic E-state index is -0.574. The van der Waals surface area contributed by atoms with Gasteiger partial charge >= 0.3 is 0 Å². The van der Waals surface area contributed by atoms with Crippen LogP contribution < -0.4 is 0 Å². The van der Waals surface area contributed by atoms with E-state index >= 15 is 0 Å². The zero-order valence-electron chi connectivity index (χ0n) is 34.5. The summed E-state index contributed by atoms with van der Waals surface area (Å²) >= 11 is 1.87. The summed E-state index contributed by atoms with van der Waals surface area (Å²) in [5, 5.41) is 0. The molecule has 1 aliphatic carbocycles. The number of rotatable bonds is 6. The summed E-state index contributed by atoms with van der Waals surface area (Å²) in [7, 11) is 0. The van der Waals surface area contributed by atoms with Crippen LogP contribution >= 0.6 is 11.8 Å². The van der Waals surface area contributed by atoms with Crippen LogP contribution in [0.5, 0.6) is 0 Å². The Morgan fingerprint density at radius 1 is 0.365 bits per heavy atom. The molecule has 0 saturated carbocycles. The Kier molecular flexibility index (Phi) is 8.87. The molecule has 2 aliphatic rings. The van der Waals surface area contributed by atoms with Crippen LogP contribution in [-0.4, -0.2) is 15.0 Å². The molecule has 2 aromatic heterocycles. The van der Waals surface area contributed by atoms with Crippen LogP contribution in [0.2, 0.25) is 0 Å². The van der Waals surface area contributed by atoms with E-state index in [1.165, 1.54) is 71.0 Å². The molecule has 3 nitrogen and oxygen atoms in total. The van der Waals surface area contributed by atoms with Crippen molar-refractivity contribution in [3.8, 4) is 78.4 Å². The van der Waals surface area contributed by atoms with Crippen molar-refractivity contribution in [1.29, 1.82) is 0 Å². The first-order valence-corrected chi connectivity index (χ1v) is 22.2. The Hall–Kier alpha value is -7.66. The summed E-state index contributed by atoms with van der Waals surface area (Å²) in [5.41, 5.74) is 20.0. The standard InChI is InChI=1S/C59H39N3S/c1-38-30-31-44(37-60-38)46-23-9-8-22-45(46)41-20-14-21-42(34-41)47-24-15-27-51-57(47)48-33-32-43(35-52(48)59(51)49-25-10-12-28-55(49)63-56-29-13-11-26-50(56)59)54-36-53(39-16-4-2-5-17-39)61-58(62-54)40-18-6-3-7-19-40/h2-37H,1H3. The van der Waals surface area contributed by atoms with Crippen LogP contribution in [0.4, 0.5) is 0 Å². The van der Waals surface area contributed by atoms with Crippen LogP contribution in [0.25, 0.3) is 78.4 Å². The van der Waals surface area contributed by atoms with Crippen molar-refractivity contribution in [2.24, 2.45) is 0 Å². The highest BCUT2D eigenvalue weighted by Gasteiger charge is 2.51. The normalized spacial score (nSPS) is 12.9. The van der Waals surface area contributed by atoms with Gasteiger partial charge in [-0.25, -0.2) is 9.97 Å².